The van der Waals surface area contributed by atoms with Gasteiger partial charge in [0.15, 0.2) is 0 Å². The molecule has 1 N–H and O–H groups in total. The molecule has 1 nitrogen and oxygen atoms in total. The molecule has 0 bridgehead atoms. The van der Waals surface area contributed by atoms with Crippen LogP contribution in [0.15, 0.2) is 23.6 Å². The Labute approximate surface area is 91.7 Å². The summed E-state index contributed by atoms with van der Waals surface area (Å²) in [5.41, 5.74) is 1.17. The van der Waals surface area contributed by atoms with Crippen molar-refractivity contribution < 1.29 is 5.11 Å². The lowest BCUT2D eigenvalue weighted by atomic mass is 10.2. The van der Waals surface area contributed by atoms with Crippen molar-refractivity contribution in [2.45, 2.75) is 20.0 Å². The van der Waals surface area contributed by atoms with Crippen molar-refractivity contribution in [2.24, 2.45) is 0 Å². The van der Waals surface area contributed by atoms with Gasteiger partial charge in [-0.3, -0.25) is 0 Å². The molecule has 2 aromatic heterocycles. The lowest BCUT2D eigenvalue weighted by molar-refractivity contribution is 0.227. The first kappa shape index (κ1) is 9.90. The third kappa shape index (κ3) is 1.75. The molecule has 0 aliphatic rings. The van der Waals surface area contributed by atoms with Crippen molar-refractivity contribution in [1.29, 1.82) is 0 Å². The number of aryl methyl sites for hydroxylation is 2. The van der Waals surface area contributed by atoms with E-state index in [1.165, 1.54) is 10.4 Å². The van der Waals surface area contributed by atoms with E-state index in [9.17, 15) is 5.11 Å². The maximum atomic E-state index is 10.1. The average molecular weight is 224 g/mol. The monoisotopic (exact) mass is 224 g/mol. The van der Waals surface area contributed by atoms with E-state index in [1.54, 1.807) is 22.7 Å². The molecule has 2 aromatic rings. The van der Waals surface area contributed by atoms with Crippen LogP contribution in [0.5, 0.6) is 0 Å². The van der Waals surface area contributed by atoms with Crippen LogP contribution >= 0.6 is 22.7 Å². The Morgan fingerprint density at radius 3 is 2.50 bits per heavy atom. The van der Waals surface area contributed by atoms with Crippen LogP contribution in [0.25, 0.3) is 0 Å². The first-order valence-corrected chi connectivity index (χ1v) is 6.16. The van der Waals surface area contributed by atoms with E-state index in [4.69, 9.17) is 0 Å². The van der Waals surface area contributed by atoms with E-state index in [-0.39, 0.29) is 0 Å². The number of rotatable bonds is 2. The Bertz CT molecular complexity index is 428. The SMILES string of the molecule is Cc1ccc([C@H](O)c2sccc2C)s1. The Hall–Kier alpha value is -0.640. The molecule has 0 fully saturated rings. The van der Waals surface area contributed by atoms with E-state index in [1.807, 2.05) is 30.5 Å². The summed E-state index contributed by atoms with van der Waals surface area (Å²) < 4.78 is 0. The van der Waals surface area contributed by atoms with Crippen LogP contribution in [0.2, 0.25) is 0 Å². The molecular formula is C11H12OS2. The van der Waals surface area contributed by atoms with Crippen LogP contribution in [-0.4, -0.2) is 5.11 Å². The summed E-state index contributed by atoms with van der Waals surface area (Å²) in [6.45, 7) is 4.09. The molecule has 1 atom stereocenters. The van der Waals surface area contributed by atoms with Gasteiger partial charge in [-0.25, -0.2) is 0 Å². The van der Waals surface area contributed by atoms with E-state index in [0.717, 1.165) is 9.75 Å². The van der Waals surface area contributed by atoms with Crippen molar-refractivity contribution >= 4 is 22.7 Å². The van der Waals surface area contributed by atoms with Gasteiger partial charge in [0.05, 0.1) is 0 Å². The summed E-state index contributed by atoms with van der Waals surface area (Å²) >= 11 is 3.28. The molecule has 0 saturated heterocycles. The van der Waals surface area contributed by atoms with Crippen molar-refractivity contribution in [1.82, 2.24) is 0 Å². The number of aliphatic hydroxyl groups excluding tert-OH is 1. The molecule has 0 aliphatic carbocycles. The van der Waals surface area contributed by atoms with Crippen molar-refractivity contribution in [3.8, 4) is 0 Å². The molecule has 0 aromatic carbocycles. The molecule has 0 saturated carbocycles. The van der Waals surface area contributed by atoms with Crippen molar-refractivity contribution in [2.75, 3.05) is 0 Å². The van der Waals surface area contributed by atoms with E-state index >= 15 is 0 Å². The highest BCUT2D eigenvalue weighted by molar-refractivity contribution is 7.12. The van der Waals surface area contributed by atoms with Crippen LogP contribution in [-0.2, 0) is 0 Å². The third-order valence-corrected chi connectivity index (χ3v) is 4.31. The molecule has 0 amide bonds. The normalized spacial score (nSPS) is 13.1. The van der Waals surface area contributed by atoms with Gasteiger partial charge in [-0.2, -0.15) is 0 Å². The van der Waals surface area contributed by atoms with Crippen LogP contribution in [0, 0.1) is 13.8 Å². The van der Waals surface area contributed by atoms with Gasteiger partial charge >= 0.3 is 0 Å². The minimum atomic E-state index is -0.436. The van der Waals surface area contributed by atoms with Crippen molar-refractivity contribution in [3.05, 3.63) is 43.8 Å². The van der Waals surface area contributed by atoms with Crippen LogP contribution in [0.4, 0.5) is 0 Å². The Morgan fingerprint density at radius 1 is 1.21 bits per heavy atom. The molecule has 2 heterocycles. The van der Waals surface area contributed by atoms with Gasteiger partial charge in [0.25, 0.3) is 0 Å². The molecule has 0 radical (unpaired) electrons. The van der Waals surface area contributed by atoms with Gasteiger partial charge in [-0.15, -0.1) is 22.7 Å². The fourth-order valence-electron chi connectivity index (χ4n) is 1.39. The quantitative estimate of drug-likeness (QED) is 0.827. The number of hydrogen-bond acceptors (Lipinski definition) is 3. The highest BCUT2D eigenvalue weighted by Crippen LogP contribution is 2.32. The highest BCUT2D eigenvalue weighted by atomic mass is 32.1. The second-order valence-electron chi connectivity index (χ2n) is 3.32. The second kappa shape index (κ2) is 3.85. The molecule has 14 heavy (non-hydrogen) atoms. The Morgan fingerprint density at radius 2 is 2.00 bits per heavy atom. The van der Waals surface area contributed by atoms with Gasteiger partial charge in [0, 0.05) is 14.6 Å². The Balaban J connectivity index is 2.33. The summed E-state index contributed by atoms with van der Waals surface area (Å²) in [7, 11) is 0. The largest absolute Gasteiger partial charge is 0.382 e. The van der Waals surface area contributed by atoms with Crippen LogP contribution < -0.4 is 0 Å². The number of aliphatic hydroxyl groups is 1. The van der Waals surface area contributed by atoms with E-state index in [0.29, 0.717) is 0 Å². The van der Waals surface area contributed by atoms with Crippen LogP contribution in [0.1, 0.15) is 26.3 Å². The smallest absolute Gasteiger partial charge is 0.123 e. The lowest BCUT2D eigenvalue weighted by Gasteiger charge is -2.06. The zero-order chi connectivity index (χ0) is 10.1. The standard InChI is InChI=1S/C11H12OS2/c1-7-5-6-13-11(7)10(12)9-4-3-8(2)14-9/h3-6,10,12H,1-2H3/t10-/m0/s1. The fourth-order valence-corrected chi connectivity index (χ4v) is 3.27. The van der Waals surface area contributed by atoms with E-state index in [2.05, 4.69) is 6.92 Å². The molecule has 74 valence electrons. The maximum absolute atomic E-state index is 10.1. The van der Waals surface area contributed by atoms with E-state index < -0.39 is 6.10 Å². The number of thiophene rings is 2. The molecule has 0 aliphatic heterocycles. The first-order valence-electron chi connectivity index (χ1n) is 4.47. The summed E-state index contributed by atoms with van der Waals surface area (Å²) in [6.07, 6.45) is -0.436. The summed E-state index contributed by atoms with van der Waals surface area (Å²) in [5.74, 6) is 0. The minimum absolute atomic E-state index is 0.436. The van der Waals surface area contributed by atoms with Gasteiger partial charge in [-0.1, -0.05) is 0 Å². The minimum Gasteiger partial charge on any atom is -0.382 e. The average Bonchev–Trinajstić information content (AvgIpc) is 2.73. The Kier molecular flexibility index (Phi) is 2.72. The third-order valence-electron chi connectivity index (χ3n) is 2.18. The molecule has 0 spiro atoms. The topological polar surface area (TPSA) is 20.2 Å². The predicted octanol–water partition coefficient (Wildman–Crippen LogP) is 3.51. The highest BCUT2D eigenvalue weighted by Gasteiger charge is 2.15. The lowest BCUT2D eigenvalue weighted by Crippen LogP contribution is -1.95. The summed E-state index contributed by atoms with van der Waals surface area (Å²) in [6, 6.07) is 6.10. The molecule has 3 heteroatoms. The van der Waals surface area contributed by atoms with Crippen LogP contribution in [0.3, 0.4) is 0 Å². The summed E-state index contributed by atoms with van der Waals surface area (Å²) in [5, 5.41) is 12.1. The second-order valence-corrected chi connectivity index (χ2v) is 5.59. The summed E-state index contributed by atoms with van der Waals surface area (Å²) in [4.78, 5) is 3.34. The first-order chi connectivity index (χ1) is 6.68. The molecule has 0 unspecified atom stereocenters. The van der Waals surface area contributed by atoms with Gasteiger partial charge in [0.2, 0.25) is 0 Å². The number of hydrogen-bond donors (Lipinski definition) is 1. The van der Waals surface area contributed by atoms with Crippen molar-refractivity contribution in [3.63, 3.8) is 0 Å². The zero-order valence-electron chi connectivity index (χ0n) is 8.15. The van der Waals surface area contributed by atoms with Gasteiger partial charge in [0.1, 0.15) is 6.10 Å². The van der Waals surface area contributed by atoms with Gasteiger partial charge < -0.3 is 5.11 Å². The maximum Gasteiger partial charge on any atom is 0.123 e. The molecule has 2 rings (SSSR count). The zero-order valence-corrected chi connectivity index (χ0v) is 9.78. The fraction of sp³-hybridized carbons (Fsp3) is 0.273. The molecular weight excluding hydrogens is 212 g/mol. The van der Waals surface area contributed by atoms with Gasteiger partial charge in [-0.05, 0) is 43.0 Å². The predicted molar refractivity (Wildman–Crippen MR) is 62.2 cm³/mol.